The van der Waals surface area contributed by atoms with E-state index in [0.717, 1.165) is 30.8 Å². The second kappa shape index (κ2) is 4.91. The largest absolute Gasteiger partial charge is 0.353 e. The van der Waals surface area contributed by atoms with E-state index in [1.54, 1.807) is 0 Å². The van der Waals surface area contributed by atoms with E-state index in [4.69, 9.17) is 0 Å². The zero-order chi connectivity index (χ0) is 13.3. The Balaban J connectivity index is 2.34. The van der Waals surface area contributed by atoms with Gasteiger partial charge in [0.25, 0.3) is 0 Å². The highest BCUT2D eigenvalue weighted by molar-refractivity contribution is 5.57. The summed E-state index contributed by atoms with van der Waals surface area (Å²) in [6.07, 6.45) is 1.10. The quantitative estimate of drug-likeness (QED) is 0.781. The van der Waals surface area contributed by atoms with Gasteiger partial charge < -0.3 is 9.80 Å². The van der Waals surface area contributed by atoms with Crippen molar-refractivity contribution in [1.82, 2.24) is 15.1 Å². The first-order chi connectivity index (χ1) is 8.54. The van der Waals surface area contributed by atoms with Gasteiger partial charge >= 0.3 is 0 Å². The van der Waals surface area contributed by atoms with Crippen LogP contribution in [-0.2, 0) is 0 Å². The van der Waals surface area contributed by atoms with Crippen LogP contribution in [-0.4, -0.2) is 48.3 Å². The van der Waals surface area contributed by atoms with Gasteiger partial charge in [0.1, 0.15) is 11.6 Å². The SMILES string of the molecule is Cc1nnc(N(C)C2CCN(C)C2)c(C#N)c1C. The molecule has 1 aromatic heterocycles. The Morgan fingerprint density at radius 1 is 1.39 bits per heavy atom. The Morgan fingerprint density at radius 2 is 2.11 bits per heavy atom. The van der Waals surface area contributed by atoms with Crippen molar-refractivity contribution in [2.24, 2.45) is 0 Å². The topological polar surface area (TPSA) is 56.1 Å². The minimum absolute atomic E-state index is 0.415. The standard InChI is InChI=1S/C13H19N5/c1-9-10(2)15-16-13(12(9)7-14)18(4)11-5-6-17(3)8-11/h11H,5-6,8H2,1-4H3. The van der Waals surface area contributed by atoms with E-state index >= 15 is 0 Å². The van der Waals surface area contributed by atoms with Crippen molar-refractivity contribution in [3.63, 3.8) is 0 Å². The third-order valence-corrected chi connectivity index (χ3v) is 3.80. The van der Waals surface area contributed by atoms with Crippen LogP contribution in [0.1, 0.15) is 23.2 Å². The highest BCUT2D eigenvalue weighted by Gasteiger charge is 2.26. The summed E-state index contributed by atoms with van der Waals surface area (Å²) in [5, 5.41) is 17.7. The summed E-state index contributed by atoms with van der Waals surface area (Å²) in [6.45, 7) is 5.92. The molecule has 0 radical (unpaired) electrons. The molecule has 5 nitrogen and oxygen atoms in total. The van der Waals surface area contributed by atoms with Crippen molar-refractivity contribution in [3.8, 4) is 6.07 Å². The predicted molar refractivity (Wildman–Crippen MR) is 70.5 cm³/mol. The molecule has 2 rings (SSSR count). The number of aryl methyl sites for hydroxylation is 1. The number of hydrogen-bond acceptors (Lipinski definition) is 5. The van der Waals surface area contributed by atoms with Crippen LogP contribution < -0.4 is 4.90 Å². The predicted octanol–water partition coefficient (Wildman–Crippen LogP) is 1.11. The molecule has 1 aliphatic rings. The zero-order valence-corrected chi connectivity index (χ0v) is 11.4. The number of aromatic nitrogens is 2. The molecule has 0 bridgehead atoms. The maximum absolute atomic E-state index is 9.31. The lowest BCUT2D eigenvalue weighted by Gasteiger charge is -2.26. The lowest BCUT2D eigenvalue weighted by atomic mass is 10.1. The van der Waals surface area contributed by atoms with E-state index in [0.29, 0.717) is 17.4 Å². The van der Waals surface area contributed by atoms with Crippen molar-refractivity contribution in [2.75, 3.05) is 32.1 Å². The van der Waals surface area contributed by atoms with Crippen LogP contribution in [0.15, 0.2) is 0 Å². The molecule has 1 atom stereocenters. The summed E-state index contributed by atoms with van der Waals surface area (Å²) in [6, 6.07) is 2.68. The summed E-state index contributed by atoms with van der Waals surface area (Å²) in [7, 11) is 4.12. The van der Waals surface area contributed by atoms with E-state index in [-0.39, 0.29) is 0 Å². The van der Waals surface area contributed by atoms with E-state index in [1.165, 1.54) is 0 Å². The van der Waals surface area contributed by atoms with Crippen molar-refractivity contribution >= 4 is 5.82 Å². The molecule has 2 heterocycles. The van der Waals surface area contributed by atoms with Crippen molar-refractivity contribution < 1.29 is 0 Å². The summed E-state index contributed by atoms with van der Waals surface area (Å²) in [5.74, 6) is 0.709. The molecule has 1 aromatic rings. The molecule has 1 unspecified atom stereocenters. The summed E-state index contributed by atoms with van der Waals surface area (Å²) >= 11 is 0. The lowest BCUT2D eigenvalue weighted by molar-refractivity contribution is 0.409. The number of rotatable bonds is 2. The third kappa shape index (κ3) is 2.16. The zero-order valence-electron chi connectivity index (χ0n) is 11.4. The summed E-state index contributed by atoms with van der Waals surface area (Å²) in [4.78, 5) is 4.39. The fourth-order valence-electron chi connectivity index (χ4n) is 2.38. The maximum Gasteiger partial charge on any atom is 0.169 e. The Labute approximate surface area is 108 Å². The number of hydrogen-bond donors (Lipinski definition) is 0. The van der Waals surface area contributed by atoms with Crippen molar-refractivity contribution in [3.05, 3.63) is 16.8 Å². The molecular weight excluding hydrogens is 226 g/mol. The van der Waals surface area contributed by atoms with Crippen LogP contribution in [0.5, 0.6) is 0 Å². The molecule has 0 aliphatic carbocycles. The van der Waals surface area contributed by atoms with Crippen molar-refractivity contribution in [1.29, 1.82) is 5.26 Å². The highest BCUT2D eigenvalue weighted by Crippen LogP contribution is 2.24. The molecule has 1 fully saturated rings. The molecule has 0 saturated carbocycles. The monoisotopic (exact) mass is 245 g/mol. The van der Waals surface area contributed by atoms with E-state index in [9.17, 15) is 5.26 Å². The van der Waals surface area contributed by atoms with Gasteiger partial charge in [0.2, 0.25) is 0 Å². The lowest BCUT2D eigenvalue weighted by Crippen LogP contribution is -2.35. The van der Waals surface area contributed by atoms with Crippen LogP contribution in [0.3, 0.4) is 0 Å². The molecule has 1 saturated heterocycles. The molecule has 0 aromatic carbocycles. The summed E-state index contributed by atoms with van der Waals surface area (Å²) in [5.41, 5.74) is 2.41. The fourth-order valence-corrected chi connectivity index (χ4v) is 2.38. The third-order valence-electron chi connectivity index (χ3n) is 3.80. The van der Waals surface area contributed by atoms with Gasteiger partial charge in [-0.3, -0.25) is 0 Å². The van der Waals surface area contributed by atoms with E-state index in [2.05, 4.69) is 33.1 Å². The van der Waals surface area contributed by atoms with Gasteiger partial charge in [0.05, 0.1) is 5.69 Å². The second-order valence-corrected chi connectivity index (χ2v) is 5.04. The molecule has 0 spiro atoms. The Morgan fingerprint density at radius 3 is 2.67 bits per heavy atom. The number of nitriles is 1. The molecule has 1 aliphatic heterocycles. The van der Waals surface area contributed by atoms with Gasteiger partial charge in [0, 0.05) is 19.6 Å². The second-order valence-electron chi connectivity index (χ2n) is 5.04. The smallest absolute Gasteiger partial charge is 0.169 e. The maximum atomic E-state index is 9.31. The van der Waals surface area contributed by atoms with Crippen LogP contribution in [0.25, 0.3) is 0 Å². The van der Waals surface area contributed by atoms with Crippen molar-refractivity contribution in [2.45, 2.75) is 26.3 Å². The van der Waals surface area contributed by atoms with Gasteiger partial charge in [-0.2, -0.15) is 10.4 Å². The minimum Gasteiger partial charge on any atom is -0.353 e. The van der Waals surface area contributed by atoms with Crippen LogP contribution in [0.4, 0.5) is 5.82 Å². The Bertz CT molecular complexity index is 491. The number of likely N-dealkylation sites (N-methyl/N-ethyl adjacent to an activating group) is 2. The number of nitrogens with zero attached hydrogens (tertiary/aromatic N) is 5. The van der Waals surface area contributed by atoms with Crippen LogP contribution in [0, 0.1) is 25.2 Å². The summed E-state index contributed by atoms with van der Waals surface area (Å²) < 4.78 is 0. The normalized spacial score (nSPS) is 19.8. The molecule has 96 valence electrons. The van der Waals surface area contributed by atoms with E-state index in [1.807, 2.05) is 20.9 Å². The van der Waals surface area contributed by atoms with Gasteiger partial charge in [-0.1, -0.05) is 0 Å². The molecular formula is C13H19N5. The van der Waals surface area contributed by atoms with E-state index < -0.39 is 0 Å². The number of likely N-dealkylation sites (tertiary alicyclic amines) is 1. The first-order valence-electron chi connectivity index (χ1n) is 6.20. The van der Waals surface area contributed by atoms with Crippen LogP contribution >= 0.6 is 0 Å². The van der Waals surface area contributed by atoms with Crippen LogP contribution in [0.2, 0.25) is 0 Å². The first kappa shape index (κ1) is 12.8. The van der Waals surface area contributed by atoms with Gasteiger partial charge in [-0.05, 0) is 39.4 Å². The number of anilines is 1. The fraction of sp³-hybridized carbons (Fsp3) is 0.615. The average molecular weight is 245 g/mol. The Kier molecular flexibility index (Phi) is 3.48. The van der Waals surface area contributed by atoms with Gasteiger partial charge in [-0.15, -0.1) is 5.10 Å². The van der Waals surface area contributed by atoms with Gasteiger partial charge in [-0.25, -0.2) is 0 Å². The molecule has 5 heteroatoms. The molecule has 0 amide bonds. The Hall–Kier alpha value is -1.67. The minimum atomic E-state index is 0.415. The molecule has 18 heavy (non-hydrogen) atoms. The van der Waals surface area contributed by atoms with Gasteiger partial charge in [0.15, 0.2) is 5.82 Å². The molecule has 0 N–H and O–H groups in total. The highest BCUT2D eigenvalue weighted by atomic mass is 15.3. The average Bonchev–Trinajstić information content (AvgIpc) is 2.78. The first-order valence-corrected chi connectivity index (χ1v) is 6.20.